The minimum Gasteiger partial charge on any atom is -0.314 e. The third-order valence-electron chi connectivity index (χ3n) is 2.91. The van der Waals surface area contributed by atoms with E-state index >= 15 is 0 Å². The zero-order chi connectivity index (χ0) is 12.3. The molecule has 3 nitrogen and oxygen atoms in total. The molecule has 1 aromatic heterocycles. The Labute approximate surface area is 103 Å². The van der Waals surface area contributed by atoms with Gasteiger partial charge in [0.05, 0.1) is 17.8 Å². The number of benzene rings is 1. The summed E-state index contributed by atoms with van der Waals surface area (Å²) in [4.78, 5) is 0. The number of aromatic nitrogens is 2. The first kappa shape index (κ1) is 12.1. The lowest BCUT2D eigenvalue weighted by Gasteiger charge is -2.15. The van der Waals surface area contributed by atoms with Gasteiger partial charge in [0, 0.05) is 11.9 Å². The fourth-order valence-corrected chi connectivity index (χ4v) is 2.01. The van der Waals surface area contributed by atoms with Crippen LogP contribution in [0.15, 0.2) is 30.5 Å². The first-order chi connectivity index (χ1) is 8.18. The molecule has 1 aromatic carbocycles. The summed E-state index contributed by atoms with van der Waals surface area (Å²) >= 11 is 0. The smallest absolute Gasteiger partial charge is 0.0686 e. The molecule has 3 heteroatoms. The molecule has 0 aliphatic heterocycles. The van der Waals surface area contributed by atoms with E-state index in [1.54, 1.807) is 0 Å². The number of nitrogens with one attached hydrogen (secondary N) is 1. The average Bonchev–Trinajstić information content (AvgIpc) is 2.72. The van der Waals surface area contributed by atoms with Gasteiger partial charge in [0.2, 0.25) is 0 Å². The molecule has 0 radical (unpaired) electrons. The van der Waals surface area contributed by atoms with E-state index in [1.165, 1.54) is 10.9 Å². The van der Waals surface area contributed by atoms with Crippen LogP contribution in [-0.4, -0.2) is 22.9 Å². The highest BCUT2D eigenvalue weighted by molar-refractivity contribution is 5.78. The number of rotatable bonds is 5. The van der Waals surface area contributed by atoms with Crippen LogP contribution in [0.4, 0.5) is 0 Å². The molecule has 0 fully saturated rings. The second-order valence-corrected chi connectivity index (χ2v) is 5.05. The van der Waals surface area contributed by atoms with Gasteiger partial charge in [-0.05, 0) is 25.5 Å². The molecule has 2 aromatic rings. The molecule has 0 bridgehead atoms. The number of hydrogen-bond donors (Lipinski definition) is 1. The minimum absolute atomic E-state index is 0.383. The van der Waals surface area contributed by atoms with E-state index in [9.17, 15) is 0 Å². The van der Waals surface area contributed by atoms with Gasteiger partial charge in [0.1, 0.15) is 0 Å². The molecule has 0 aliphatic carbocycles. The second-order valence-electron chi connectivity index (χ2n) is 5.05. The topological polar surface area (TPSA) is 29.9 Å². The van der Waals surface area contributed by atoms with Crippen LogP contribution >= 0.6 is 0 Å². The molecule has 92 valence electrons. The van der Waals surface area contributed by atoms with Crippen molar-refractivity contribution in [1.29, 1.82) is 0 Å². The van der Waals surface area contributed by atoms with Crippen LogP contribution in [0.3, 0.4) is 0 Å². The molecule has 2 rings (SSSR count). The van der Waals surface area contributed by atoms with E-state index in [1.807, 2.05) is 6.20 Å². The second kappa shape index (κ2) is 5.32. The number of hydrogen-bond acceptors (Lipinski definition) is 2. The lowest BCUT2D eigenvalue weighted by atomic mass is 10.2. The summed E-state index contributed by atoms with van der Waals surface area (Å²) in [6.07, 6.45) is 1.94. The summed E-state index contributed by atoms with van der Waals surface area (Å²) in [6, 6.07) is 8.73. The Morgan fingerprint density at radius 2 is 1.94 bits per heavy atom. The van der Waals surface area contributed by atoms with Gasteiger partial charge in [0.25, 0.3) is 0 Å². The summed E-state index contributed by atoms with van der Waals surface area (Å²) in [5.41, 5.74) is 1.21. The Morgan fingerprint density at radius 3 is 2.71 bits per heavy atom. The van der Waals surface area contributed by atoms with E-state index in [4.69, 9.17) is 0 Å². The lowest BCUT2D eigenvalue weighted by Crippen LogP contribution is -2.27. The van der Waals surface area contributed by atoms with Crippen LogP contribution in [-0.2, 0) is 0 Å². The number of fused-ring (bicyclic) bond motifs is 1. The highest BCUT2D eigenvalue weighted by atomic mass is 15.3. The molecule has 1 N–H and O–H groups in total. The van der Waals surface area contributed by atoms with Gasteiger partial charge in [-0.25, -0.2) is 0 Å². The molecular weight excluding hydrogens is 210 g/mol. The van der Waals surface area contributed by atoms with Crippen LogP contribution in [0.25, 0.3) is 10.9 Å². The molecular formula is C14H21N3. The van der Waals surface area contributed by atoms with Crippen molar-refractivity contribution in [3.8, 4) is 0 Å². The highest BCUT2D eigenvalue weighted by Gasteiger charge is 2.08. The van der Waals surface area contributed by atoms with Crippen molar-refractivity contribution in [2.75, 3.05) is 13.1 Å². The molecule has 1 atom stereocenters. The van der Waals surface area contributed by atoms with Crippen molar-refractivity contribution < 1.29 is 0 Å². The van der Waals surface area contributed by atoms with Crippen LogP contribution in [0.1, 0.15) is 26.8 Å². The number of nitrogens with zero attached hydrogens (tertiary/aromatic N) is 2. The summed E-state index contributed by atoms with van der Waals surface area (Å²) in [5.74, 6) is 0.691. The van der Waals surface area contributed by atoms with Gasteiger partial charge in [-0.15, -0.1) is 0 Å². The van der Waals surface area contributed by atoms with Gasteiger partial charge in [0.15, 0.2) is 0 Å². The molecule has 0 amide bonds. The van der Waals surface area contributed by atoms with Crippen LogP contribution in [0.5, 0.6) is 0 Å². The Morgan fingerprint density at radius 1 is 1.18 bits per heavy atom. The molecule has 0 saturated heterocycles. The van der Waals surface area contributed by atoms with Gasteiger partial charge in [-0.1, -0.05) is 32.0 Å². The normalized spacial score (nSPS) is 13.4. The SMILES string of the molecule is CC(C)CNCC(C)n1ncc2ccccc21. The average molecular weight is 231 g/mol. The summed E-state index contributed by atoms with van der Waals surface area (Å²) < 4.78 is 2.10. The predicted molar refractivity (Wildman–Crippen MR) is 72.2 cm³/mol. The quantitative estimate of drug-likeness (QED) is 0.857. The Hall–Kier alpha value is -1.35. The molecule has 1 heterocycles. The number of para-hydroxylation sites is 1. The van der Waals surface area contributed by atoms with Crippen molar-refractivity contribution in [3.63, 3.8) is 0 Å². The third kappa shape index (κ3) is 2.86. The van der Waals surface area contributed by atoms with E-state index in [-0.39, 0.29) is 0 Å². The summed E-state index contributed by atoms with van der Waals surface area (Å²) in [7, 11) is 0. The Bertz CT molecular complexity index is 473. The fourth-order valence-electron chi connectivity index (χ4n) is 2.01. The van der Waals surface area contributed by atoms with E-state index in [0.29, 0.717) is 12.0 Å². The van der Waals surface area contributed by atoms with E-state index < -0.39 is 0 Å². The zero-order valence-electron chi connectivity index (χ0n) is 10.9. The maximum Gasteiger partial charge on any atom is 0.0686 e. The Balaban J connectivity index is 2.06. The maximum absolute atomic E-state index is 4.47. The Kier molecular flexibility index (Phi) is 3.79. The highest BCUT2D eigenvalue weighted by Crippen LogP contribution is 2.16. The molecule has 0 saturated carbocycles. The first-order valence-corrected chi connectivity index (χ1v) is 6.31. The standard InChI is InChI=1S/C14H21N3/c1-11(2)8-15-9-12(3)17-14-7-5-4-6-13(14)10-16-17/h4-7,10-12,15H,8-9H2,1-3H3. The molecule has 0 spiro atoms. The van der Waals surface area contributed by atoms with Crippen LogP contribution < -0.4 is 5.32 Å². The lowest BCUT2D eigenvalue weighted by molar-refractivity contribution is 0.444. The van der Waals surface area contributed by atoms with Crippen molar-refractivity contribution >= 4 is 10.9 Å². The van der Waals surface area contributed by atoms with E-state index in [2.05, 4.69) is 60.1 Å². The fraction of sp³-hybridized carbons (Fsp3) is 0.500. The largest absolute Gasteiger partial charge is 0.314 e. The monoisotopic (exact) mass is 231 g/mol. The van der Waals surface area contributed by atoms with Gasteiger partial charge in [-0.2, -0.15) is 5.10 Å². The first-order valence-electron chi connectivity index (χ1n) is 6.31. The van der Waals surface area contributed by atoms with Gasteiger partial charge in [-0.3, -0.25) is 4.68 Å². The minimum atomic E-state index is 0.383. The third-order valence-corrected chi connectivity index (χ3v) is 2.91. The van der Waals surface area contributed by atoms with E-state index in [0.717, 1.165) is 13.1 Å². The summed E-state index contributed by atoms with van der Waals surface area (Å²) in [6.45, 7) is 8.67. The molecule has 17 heavy (non-hydrogen) atoms. The van der Waals surface area contributed by atoms with Crippen LogP contribution in [0.2, 0.25) is 0 Å². The van der Waals surface area contributed by atoms with Crippen molar-refractivity contribution in [2.45, 2.75) is 26.8 Å². The van der Waals surface area contributed by atoms with Crippen molar-refractivity contribution in [1.82, 2.24) is 15.1 Å². The molecule has 0 aliphatic rings. The van der Waals surface area contributed by atoms with Crippen molar-refractivity contribution in [3.05, 3.63) is 30.5 Å². The van der Waals surface area contributed by atoms with Crippen molar-refractivity contribution in [2.24, 2.45) is 5.92 Å². The predicted octanol–water partition coefficient (Wildman–Crippen LogP) is 2.84. The summed E-state index contributed by atoms with van der Waals surface area (Å²) in [5, 5.41) is 9.16. The van der Waals surface area contributed by atoms with Gasteiger partial charge >= 0.3 is 0 Å². The van der Waals surface area contributed by atoms with Gasteiger partial charge < -0.3 is 5.32 Å². The maximum atomic E-state index is 4.47. The molecule has 1 unspecified atom stereocenters. The zero-order valence-corrected chi connectivity index (χ0v) is 10.9. The van der Waals surface area contributed by atoms with Crippen LogP contribution in [0, 0.1) is 5.92 Å².